The molecule has 20 heavy (non-hydrogen) atoms. The van der Waals surface area contributed by atoms with E-state index in [0.717, 1.165) is 5.69 Å². The van der Waals surface area contributed by atoms with Crippen LogP contribution in [0.15, 0.2) is 12.4 Å². The zero-order chi connectivity index (χ0) is 14.3. The van der Waals surface area contributed by atoms with Crippen molar-refractivity contribution in [2.75, 3.05) is 0 Å². The van der Waals surface area contributed by atoms with Crippen LogP contribution in [0.4, 0.5) is 0 Å². The van der Waals surface area contributed by atoms with Gasteiger partial charge in [0.1, 0.15) is 5.52 Å². The molecule has 1 fully saturated rings. The largest absolute Gasteiger partial charge is 0.349 e. The Kier molecular flexibility index (Phi) is 3.20. The fourth-order valence-corrected chi connectivity index (χ4v) is 2.11. The van der Waals surface area contributed by atoms with E-state index in [0.29, 0.717) is 28.6 Å². The van der Waals surface area contributed by atoms with Gasteiger partial charge in [-0.15, -0.1) is 0 Å². The van der Waals surface area contributed by atoms with E-state index in [1.165, 1.54) is 12.8 Å². The molecule has 0 aromatic carbocycles. The Hall–Kier alpha value is -1.91. The molecule has 3 rings (SSSR count). The van der Waals surface area contributed by atoms with Crippen LogP contribution in [0.3, 0.4) is 0 Å². The van der Waals surface area contributed by atoms with Crippen molar-refractivity contribution in [2.24, 2.45) is 5.92 Å². The molecule has 0 saturated heterocycles. The van der Waals surface area contributed by atoms with Gasteiger partial charge in [-0.3, -0.25) is 4.79 Å². The van der Waals surface area contributed by atoms with Crippen LogP contribution >= 0.6 is 0 Å². The lowest BCUT2D eigenvalue weighted by Gasteiger charge is -2.16. The Morgan fingerprint density at radius 2 is 2.15 bits per heavy atom. The molecule has 0 aliphatic heterocycles. The fourth-order valence-electron chi connectivity index (χ4n) is 2.11. The summed E-state index contributed by atoms with van der Waals surface area (Å²) < 4.78 is 0. The summed E-state index contributed by atoms with van der Waals surface area (Å²) >= 11 is 0. The molecule has 1 amide bonds. The number of nitrogens with one attached hydrogen (secondary N) is 2. The minimum atomic E-state index is -0.0836. The molecule has 0 radical (unpaired) electrons. The number of nitrogens with zero attached hydrogens (tertiary/aromatic N) is 2. The van der Waals surface area contributed by atoms with Crippen LogP contribution < -0.4 is 5.32 Å². The molecule has 1 aliphatic rings. The third-order valence-electron chi connectivity index (χ3n) is 4.00. The third-order valence-corrected chi connectivity index (χ3v) is 4.00. The van der Waals surface area contributed by atoms with E-state index in [9.17, 15) is 4.79 Å². The maximum Gasteiger partial charge on any atom is 0.255 e. The number of rotatable bonds is 4. The van der Waals surface area contributed by atoms with E-state index in [4.69, 9.17) is 0 Å². The lowest BCUT2D eigenvalue weighted by Crippen LogP contribution is -2.36. The Bertz CT molecular complexity index is 642. The summed E-state index contributed by atoms with van der Waals surface area (Å²) in [5, 5.41) is 3.01. The summed E-state index contributed by atoms with van der Waals surface area (Å²) in [6, 6.07) is 0.132. The number of fused-ring (bicyclic) bond motifs is 1. The highest BCUT2D eigenvalue weighted by Crippen LogP contribution is 2.39. The number of aromatic nitrogens is 3. The first-order chi connectivity index (χ1) is 9.56. The molecule has 5 nitrogen and oxygen atoms in total. The van der Waals surface area contributed by atoms with Gasteiger partial charge in [-0.1, -0.05) is 13.8 Å². The van der Waals surface area contributed by atoms with Crippen LogP contribution in [0.1, 0.15) is 55.6 Å². The molecule has 5 heteroatoms. The maximum atomic E-state index is 12.3. The van der Waals surface area contributed by atoms with Gasteiger partial charge in [-0.05, 0) is 25.7 Å². The summed E-state index contributed by atoms with van der Waals surface area (Å²) in [5.74, 6) is 0.851. The molecule has 106 valence electrons. The average Bonchev–Trinajstić information content (AvgIpc) is 3.17. The number of hydrogen-bond donors (Lipinski definition) is 2. The summed E-state index contributed by atoms with van der Waals surface area (Å²) in [5.41, 5.74) is 2.95. The molecule has 1 unspecified atom stereocenters. The predicted molar refractivity (Wildman–Crippen MR) is 77.6 cm³/mol. The predicted octanol–water partition coefficient (Wildman–Crippen LogP) is 2.61. The highest BCUT2D eigenvalue weighted by Gasteiger charge is 2.26. The number of amides is 1. The monoisotopic (exact) mass is 272 g/mol. The second-order valence-corrected chi connectivity index (χ2v) is 5.97. The van der Waals surface area contributed by atoms with Gasteiger partial charge in [0.25, 0.3) is 5.91 Å². The molecule has 1 saturated carbocycles. The number of carbonyl (C=O) groups is 1. The van der Waals surface area contributed by atoms with Crippen molar-refractivity contribution >= 4 is 17.1 Å². The molecular weight excluding hydrogens is 252 g/mol. The van der Waals surface area contributed by atoms with E-state index < -0.39 is 0 Å². The van der Waals surface area contributed by atoms with Crippen molar-refractivity contribution in [3.8, 4) is 0 Å². The molecular formula is C15H20N4O. The topological polar surface area (TPSA) is 70.7 Å². The zero-order valence-electron chi connectivity index (χ0n) is 12.1. The SMILES string of the molecule is CC(C)C(C)NC(=O)c1c[nH]c2ncc(C3CC3)nc12. The number of hydrogen-bond acceptors (Lipinski definition) is 3. The van der Waals surface area contributed by atoms with E-state index in [1.54, 1.807) is 6.20 Å². The minimum Gasteiger partial charge on any atom is -0.349 e. The first-order valence-electron chi connectivity index (χ1n) is 7.21. The van der Waals surface area contributed by atoms with Crippen LogP contribution in [-0.4, -0.2) is 26.9 Å². The van der Waals surface area contributed by atoms with Gasteiger partial charge in [0.05, 0.1) is 17.5 Å². The normalized spacial score (nSPS) is 16.6. The van der Waals surface area contributed by atoms with Gasteiger partial charge in [-0.2, -0.15) is 0 Å². The second kappa shape index (κ2) is 4.89. The number of H-pyrrole nitrogens is 1. The van der Waals surface area contributed by atoms with Crippen molar-refractivity contribution < 1.29 is 4.79 Å². The van der Waals surface area contributed by atoms with Crippen LogP contribution in [0.25, 0.3) is 11.2 Å². The van der Waals surface area contributed by atoms with E-state index in [1.807, 2.05) is 13.1 Å². The molecule has 2 N–H and O–H groups in total. The highest BCUT2D eigenvalue weighted by atomic mass is 16.1. The number of aromatic amines is 1. The third kappa shape index (κ3) is 2.40. The highest BCUT2D eigenvalue weighted by molar-refractivity contribution is 6.04. The fraction of sp³-hybridized carbons (Fsp3) is 0.533. The molecule has 2 aromatic rings. The Morgan fingerprint density at radius 3 is 2.80 bits per heavy atom. The van der Waals surface area contributed by atoms with Crippen LogP contribution in [0.5, 0.6) is 0 Å². The van der Waals surface area contributed by atoms with Gasteiger partial charge in [0.2, 0.25) is 0 Å². The Balaban J connectivity index is 1.90. The Labute approximate surface area is 118 Å². The van der Waals surface area contributed by atoms with Crippen molar-refractivity contribution in [1.82, 2.24) is 20.3 Å². The molecule has 0 bridgehead atoms. The van der Waals surface area contributed by atoms with Crippen LogP contribution in [-0.2, 0) is 0 Å². The molecule has 1 atom stereocenters. The van der Waals surface area contributed by atoms with E-state index >= 15 is 0 Å². The van der Waals surface area contributed by atoms with Crippen LogP contribution in [0.2, 0.25) is 0 Å². The smallest absolute Gasteiger partial charge is 0.255 e. The quantitative estimate of drug-likeness (QED) is 0.898. The maximum absolute atomic E-state index is 12.3. The van der Waals surface area contributed by atoms with Crippen molar-refractivity contribution in [3.63, 3.8) is 0 Å². The molecule has 0 spiro atoms. The standard InChI is InChI=1S/C15H20N4O/c1-8(2)9(3)18-15(20)11-6-16-14-13(11)19-12(7-17-14)10-4-5-10/h6-10H,4-5H2,1-3H3,(H,16,17)(H,18,20). The zero-order valence-corrected chi connectivity index (χ0v) is 12.1. The summed E-state index contributed by atoms with van der Waals surface area (Å²) in [7, 11) is 0. The van der Waals surface area contributed by atoms with Gasteiger partial charge >= 0.3 is 0 Å². The second-order valence-electron chi connectivity index (χ2n) is 5.97. The van der Waals surface area contributed by atoms with Crippen molar-refractivity contribution in [3.05, 3.63) is 23.7 Å². The van der Waals surface area contributed by atoms with Gasteiger partial charge in [0, 0.05) is 18.2 Å². The van der Waals surface area contributed by atoms with Crippen molar-refractivity contribution in [1.29, 1.82) is 0 Å². The van der Waals surface area contributed by atoms with Gasteiger partial charge in [-0.25, -0.2) is 9.97 Å². The minimum absolute atomic E-state index is 0.0836. The lowest BCUT2D eigenvalue weighted by atomic mass is 10.1. The number of carbonyl (C=O) groups excluding carboxylic acids is 1. The summed E-state index contributed by atoms with van der Waals surface area (Å²) in [6.45, 7) is 6.19. The summed E-state index contributed by atoms with van der Waals surface area (Å²) in [4.78, 5) is 24.3. The van der Waals surface area contributed by atoms with Crippen LogP contribution in [0, 0.1) is 5.92 Å². The van der Waals surface area contributed by atoms with E-state index in [-0.39, 0.29) is 11.9 Å². The Morgan fingerprint density at radius 1 is 1.40 bits per heavy atom. The lowest BCUT2D eigenvalue weighted by molar-refractivity contribution is 0.0932. The van der Waals surface area contributed by atoms with E-state index in [2.05, 4.69) is 34.1 Å². The molecule has 2 heterocycles. The van der Waals surface area contributed by atoms with Gasteiger partial charge < -0.3 is 10.3 Å². The molecule has 1 aliphatic carbocycles. The first kappa shape index (κ1) is 13.1. The first-order valence-corrected chi connectivity index (χ1v) is 7.21. The van der Waals surface area contributed by atoms with Gasteiger partial charge in [0.15, 0.2) is 5.65 Å². The summed E-state index contributed by atoms with van der Waals surface area (Å²) in [6.07, 6.45) is 5.87. The van der Waals surface area contributed by atoms with Crippen molar-refractivity contribution in [2.45, 2.75) is 45.6 Å². The molecule has 2 aromatic heterocycles. The average molecular weight is 272 g/mol.